The van der Waals surface area contributed by atoms with E-state index in [1.54, 1.807) is 0 Å². The van der Waals surface area contributed by atoms with Crippen LogP contribution in [0, 0.1) is 0 Å². The highest BCUT2D eigenvalue weighted by molar-refractivity contribution is 6.32. The Morgan fingerprint density at radius 3 is 2.17 bits per heavy atom. The van der Waals surface area contributed by atoms with E-state index >= 15 is 0 Å². The molecule has 3 aromatic carbocycles. The van der Waals surface area contributed by atoms with Crippen molar-refractivity contribution < 1.29 is 4.42 Å². The van der Waals surface area contributed by atoms with E-state index in [1.807, 2.05) is 18.3 Å². The zero-order chi connectivity index (χ0) is 15.8. The highest BCUT2D eigenvalue weighted by atomic mass is 16.3. The van der Waals surface area contributed by atoms with Gasteiger partial charge in [0.05, 0.1) is 5.52 Å². The Bertz CT molecular complexity index is 1190. The van der Waals surface area contributed by atoms with E-state index in [1.165, 1.54) is 32.5 Å². The van der Waals surface area contributed by atoms with Crippen LogP contribution in [-0.2, 0) is 5.41 Å². The molecule has 5 rings (SSSR count). The molecule has 0 aliphatic carbocycles. The fourth-order valence-electron chi connectivity index (χ4n) is 3.58. The summed E-state index contributed by atoms with van der Waals surface area (Å²) in [5, 5.41) is 6.04. The van der Waals surface area contributed by atoms with Crippen molar-refractivity contribution in [1.29, 1.82) is 0 Å². The van der Waals surface area contributed by atoms with E-state index in [-0.39, 0.29) is 5.41 Å². The highest BCUT2D eigenvalue weighted by Gasteiger charge is 2.20. The number of benzene rings is 3. The molecule has 0 atom stereocenters. The normalized spacial score (nSPS) is 13.0. The Hall–Kier alpha value is -2.61. The third-order valence-electron chi connectivity index (χ3n) is 4.82. The second-order valence-corrected chi connectivity index (χ2v) is 7.33. The molecule has 2 aromatic heterocycles. The molecule has 0 radical (unpaired) electrons. The monoisotopic (exact) mass is 299 g/mol. The Morgan fingerprint density at radius 1 is 0.826 bits per heavy atom. The van der Waals surface area contributed by atoms with Gasteiger partial charge >= 0.3 is 0 Å². The molecule has 0 fully saturated rings. The van der Waals surface area contributed by atoms with Crippen molar-refractivity contribution in [2.75, 3.05) is 0 Å². The van der Waals surface area contributed by atoms with E-state index in [0.717, 1.165) is 16.7 Å². The summed E-state index contributed by atoms with van der Waals surface area (Å²) in [5.74, 6) is 0. The van der Waals surface area contributed by atoms with Crippen LogP contribution in [-0.4, -0.2) is 4.98 Å². The minimum absolute atomic E-state index is 0.0820. The van der Waals surface area contributed by atoms with Crippen molar-refractivity contribution in [2.45, 2.75) is 26.2 Å². The summed E-state index contributed by atoms with van der Waals surface area (Å²) in [4.78, 5) is 4.83. The Morgan fingerprint density at radius 2 is 1.48 bits per heavy atom. The SMILES string of the molecule is CC(C)(C)c1cnc2c(c1)c1cccc3oc4cccc2c4c31. The molecule has 5 aromatic rings. The van der Waals surface area contributed by atoms with Gasteiger partial charge in [0.25, 0.3) is 0 Å². The molecule has 2 heteroatoms. The van der Waals surface area contributed by atoms with Gasteiger partial charge in [-0.1, -0.05) is 45.0 Å². The standard InChI is InChI=1S/C21H17NO/c1-21(2,3)12-10-15-13-6-4-8-16-18(13)19-14(20(15)22-11-12)7-5-9-17(19)23-16/h4-11H,1-3H3. The number of fused-ring (bicyclic) bond motifs is 3. The van der Waals surface area contributed by atoms with Gasteiger partial charge in [-0.05, 0) is 34.6 Å². The number of hydrogen-bond acceptors (Lipinski definition) is 2. The summed E-state index contributed by atoms with van der Waals surface area (Å²) in [6.07, 6.45) is 2.02. The summed E-state index contributed by atoms with van der Waals surface area (Å²) in [6.45, 7) is 6.68. The zero-order valence-corrected chi connectivity index (χ0v) is 13.5. The van der Waals surface area contributed by atoms with Crippen LogP contribution in [0.3, 0.4) is 0 Å². The molecule has 0 aliphatic heterocycles. The van der Waals surface area contributed by atoms with E-state index in [4.69, 9.17) is 9.40 Å². The summed E-state index contributed by atoms with van der Waals surface area (Å²) in [5.41, 5.74) is 4.30. The van der Waals surface area contributed by atoms with Crippen LogP contribution in [0.1, 0.15) is 26.3 Å². The lowest BCUT2D eigenvalue weighted by Crippen LogP contribution is -2.11. The highest BCUT2D eigenvalue weighted by Crippen LogP contribution is 2.42. The van der Waals surface area contributed by atoms with Crippen LogP contribution in [0.25, 0.3) is 43.6 Å². The fraction of sp³-hybridized carbons (Fsp3) is 0.190. The average Bonchev–Trinajstić information content (AvgIpc) is 2.92. The van der Waals surface area contributed by atoms with Crippen LogP contribution in [0.15, 0.2) is 53.1 Å². The third-order valence-corrected chi connectivity index (χ3v) is 4.82. The van der Waals surface area contributed by atoms with Crippen molar-refractivity contribution in [3.63, 3.8) is 0 Å². The van der Waals surface area contributed by atoms with Gasteiger partial charge in [-0.15, -0.1) is 0 Å². The number of pyridine rings is 1. The smallest absolute Gasteiger partial charge is 0.136 e. The van der Waals surface area contributed by atoms with Gasteiger partial charge in [0, 0.05) is 27.7 Å². The van der Waals surface area contributed by atoms with E-state index in [9.17, 15) is 0 Å². The van der Waals surface area contributed by atoms with E-state index < -0.39 is 0 Å². The number of furan rings is 1. The molecule has 0 N–H and O–H groups in total. The lowest BCUT2D eigenvalue weighted by Gasteiger charge is -2.19. The molecule has 0 saturated carbocycles. The first-order chi connectivity index (χ1) is 11.0. The predicted octanol–water partition coefficient (Wildman–Crippen LogP) is 6.02. The third kappa shape index (κ3) is 1.61. The lowest BCUT2D eigenvalue weighted by atomic mass is 9.86. The van der Waals surface area contributed by atoms with Crippen LogP contribution >= 0.6 is 0 Å². The predicted molar refractivity (Wildman–Crippen MR) is 96.4 cm³/mol. The van der Waals surface area contributed by atoms with Crippen molar-refractivity contribution in [2.24, 2.45) is 0 Å². The van der Waals surface area contributed by atoms with Crippen molar-refractivity contribution in [1.82, 2.24) is 4.98 Å². The minimum atomic E-state index is 0.0820. The second-order valence-electron chi connectivity index (χ2n) is 7.33. The Balaban J connectivity index is 2.11. The van der Waals surface area contributed by atoms with Crippen LogP contribution < -0.4 is 0 Å². The maximum absolute atomic E-state index is 6.06. The topological polar surface area (TPSA) is 26.0 Å². The average molecular weight is 299 g/mol. The van der Waals surface area contributed by atoms with Crippen LogP contribution in [0.4, 0.5) is 0 Å². The molecule has 0 bridgehead atoms. The molecule has 0 amide bonds. The van der Waals surface area contributed by atoms with Gasteiger partial charge in [0.2, 0.25) is 0 Å². The minimum Gasteiger partial charge on any atom is -0.456 e. The van der Waals surface area contributed by atoms with Gasteiger partial charge in [-0.2, -0.15) is 0 Å². The number of nitrogens with zero attached hydrogens (tertiary/aromatic N) is 1. The number of hydrogen-bond donors (Lipinski definition) is 0. The molecule has 23 heavy (non-hydrogen) atoms. The Labute approximate surface area is 134 Å². The van der Waals surface area contributed by atoms with Gasteiger partial charge < -0.3 is 4.42 Å². The van der Waals surface area contributed by atoms with Crippen LogP contribution in [0.2, 0.25) is 0 Å². The van der Waals surface area contributed by atoms with Crippen LogP contribution in [0.5, 0.6) is 0 Å². The van der Waals surface area contributed by atoms with Gasteiger partial charge in [-0.3, -0.25) is 4.98 Å². The Kier molecular flexibility index (Phi) is 2.25. The molecule has 0 unspecified atom stereocenters. The number of aromatic nitrogens is 1. The molecule has 112 valence electrons. The molecule has 0 spiro atoms. The summed E-state index contributed by atoms with van der Waals surface area (Å²) >= 11 is 0. The van der Waals surface area contributed by atoms with E-state index in [2.05, 4.69) is 51.1 Å². The summed E-state index contributed by atoms with van der Waals surface area (Å²) < 4.78 is 6.06. The molecular formula is C21H17NO. The fourth-order valence-corrected chi connectivity index (χ4v) is 3.58. The van der Waals surface area contributed by atoms with Crippen molar-refractivity contribution in [3.8, 4) is 0 Å². The zero-order valence-electron chi connectivity index (χ0n) is 13.5. The molecule has 2 heterocycles. The first-order valence-electron chi connectivity index (χ1n) is 7.99. The van der Waals surface area contributed by atoms with Crippen molar-refractivity contribution >= 4 is 43.6 Å². The quantitative estimate of drug-likeness (QED) is 0.327. The molecule has 0 aliphatic rings. The second kappa shape index (κ2) is 4.02. The largest absolute Gasteiger partial charge is 0.456 e. The lowest BCUT2D eigenvalue weighted by molar-refractivity contribution is 0.589. The maximum Gasteiger partial charge on any atom is 0.136 e. The first kappa shape index (κ1) is 12.9. The van der Waals surface area contributed by atoms with Gasteiger partial charge in [0.1, 0.15) is 11.2 Å². The molecule has 0 saturated heterocycles. The number of rotatable bonds is 0. The molecular weight excluding hydrogens is 282 g/mol. The summed E-state index contributed by atoms with van der Waals surface area (Å²) in [7, 11) is 0. The van der Waals surface area contributed by atoms with E-state index in [0.29, 0.717) is 0 Å². The summed E-state index contributed by atoms with van der Waals surface area (Å²) in [6, 6.07) is 14.8. The maximum atomic E-state index is 6.06. The van der Waals surface area contributed by atoms with Gasteiger partial charge in [0.15, 0.2) is 0 Å². The first-order valence-corrected chi connectivity index (χ1v) is 7.99. The molecule has 2 nitrogen and oxygen atoms in total. The van der Waals surface area contributed by atoms with Gasteiger partial charge in [-0.25, -0.2) is 0 Å². The van der Waals surface area contributed by atoms with Crippen molar-refractivity contribution in [3.05, 3.63) is 54.2 Å².